The zero-order valence-corrected chi connectivity index (χ0v) is 10.6. The molecule has 0 saturated heterocycles. The number of likely N-dealkylation sites (N-methyl/N-ethyl adjacent to an activating group) is 1. The van der Waals surface area contributed by atoms with Gasteiger partial charge in [0.2, 0.25) is 0 Å². The van der Waals surface area contributed by atoms with E-state index >= 15 is 0 Å². The van der Waals surface area contributed by atoms with E-state index in [1.54, 1.807) is 24.1 Å². The van der Waals surface area contributed by atoms with Gasteiger partial charge in [0.1, 0.15) is 5.82 Å². The second-order valence-electron chi connectivity index (χ2n) is 3.77. The topological polar surface area (TPSA) is 71.1 Å². The Labute approximate surface area is 106 Å². The highest BCUT2D eigenvalue weighted by Crippen LogP contribution is 2.19. The molecule has 0 aromatic heterocycles. The van der Waals surface area contributed by atoms with Crippen molar-refractivity contribution in [3.8, 4) is 0 Å². The first kappa shape index (κ1) is 14.2. The molecule has 0 bridgehead atoms. The van der Waals surface area contributed by atoms with Crippen LogP contribution in [0, 0.1) is 5.82 Å². The number of rotatable bonds is 6. The molecule has 0 amide bonds. The van der Waals surface area contributed by atoms with Crippen LogP contribution in [0.1, 0.15) is 12.5 Å². The standard InChI is InChI=1S/C12H18FN3O2/c1-3-18-7-6-16(2)11-5-4-9(8-10(11)13)12(14)15-17/h4-5,8,17H,3,6-7H2,1-2H3,(H2,14,15). The number of nitrogens with two attached hydrogens (primary N) is 1. The maximum absolute atomic E-state index is 13.8. The molecule has 0 aliphatic carbocycles. The van der Waals surface area contributed by atoms with Gasteiger partial charge in [-0.25, -0.2) is 4.39 Å². The van der Waals surface area contributed by atoms with Gasteiger partial charge in [-0.3, -0.25) is 0 Å². The Bertz CT molecular complexity index is 424. The predicted molar refractivity (Wildman–Crippen MR) is 68.7 cm³/mol. The van der Waals surface area contributed by atoms with Crippen molar-refractivity contribution in [3.05, 3.63) is 29.6 Å². The zero-order chi connectivity index (χ0) is 13.5. The van der Waals surface area contributed by atoms with Gasteiger partial charge in [0.25, 0.3) is 0 Å². The van der Waals surface area contributed by atoms with Crippen LogP contribution in [0.15, 0.2) is 23.4 Å². The van der Waals surface area contributed by atoms with Crippen molar-refractivity contribution in [2.24, 2.45) is 10.9 Å². The van der Waals surface area contributed by atoms with E-state index in [2.05, 4.69) is 5.16 Å². The average molecular weight is 255 g/mol. The highest BCUT2D eigenvalue weighted by Gasteiger charge is 2.10. The van der Waals surface area contributed by atoms with Crippen LogP contribution in [0.25, 0.3) is 0 Å². The molecule has 0 radical (unpaired) electrons. The summed E-state index contributed by atoms with van der Waals surface area (Å²) >= 11 is 0. The van der Waals surface area contributed by atoms with Crippen LogP contribution in [-0.2, 0) is 4.74 Å². The number of anilines is 1. The molecule has 1 aromatic rings. The van der Waals surface area contributed by atoms with E-state index in [0.29, 0.717) is 31.0 Å². The fourth-order valence-electron chi connectivity index (χ4n) is 1.50. The van der Waals surface area contributed by atoms with Crippen molar-refractivity contribution < 1.29 is 14.3 Å². The maximum Gasteiger partial charge on any atom is 0.170 e. The zero-order valence-electron chi connectivity index (χ0n) is 10.6. The predicted octanol–water partition coefficient (Wildman–Crippen LogP) is 1.39. The van der Waals surface area contributed by atoms with Crippen LogP contribution >= 0.6 is 0 Å². The lowest BCUT2D eigenvalue weighted by Gasteiger charge is -2.20. The molecule has 1 aromatic carbocycles. The van der Waals surface area contributed by atoms with Crippen molar-refractivity contribution >= 4 is 11.5 Å². The SMILES string of the molecule is CCOCCN(C)c1ccc(/C(N)=N/O)cc1F. The first-order valence-electron chi connectivity index (χ1n) is 5.66. The van der Waals surface area contributed by atoms with Crippen LogP contribution in [0.5, 0.6) is 0 Å². The summed E-state index contributed by atoms with van der Waals surface area (Å²) in [5, 5.41) is 11.3. The number of nitrogens with zero attached hydrogens (tertiary/aromatic N) is 2. The Hall–Kier alpha value is -1.82. The average Bonchev–Trinajstić information content (AvgIpc) is 2.37. The summed E-state index contributed by atoms with van der Waals surface area (Å²) in [5.74, 6) is -0.532. The van der Waals surface area contributed by atoms with Gasteiger partial charge in [-0.2, -0.15) is 0 Å². The van der Waals surface area contributed by atoms with E-state index in [1.807, 2.05) is 6.92 Å². The molecule has 6 heteroatoms. The van der Waals surface area contributed by atoms with Crippen LogP contribution < -0.4 is 10.6 Å². The van der Waals surface area contributed by atoms with E-state index in [4.69, 9.17) is 15.7 Å². The minimum atomic E-state index is -0.418. The molecule has 0 heterocycles. The molecular formula is C12H18FN3O2. The Morgan fingerprint density at radius 3 is 2.83 bits per heavy atom. The first-order valence-corrected chi connectivity index (χ1v) is 5.66. The van der Waals surface area contributed by atoms with Crippen molar-refractivity contribution in [2.45, 2.75) is 6.92 Å². The molecule has 0 atom stereocenters. The number of oxime groups is 1. The number of amidine groups is 1. The minimum Gasteiger partial charge on any atom is -0.409 e. The molecule has 5 nitrogen and oxygen atoms in total. The van der Waals surface area contributed by atoms with Gasteiger partial charge in [0.15, 0.2) is 5.84 Å². The van der Waals surface area contributed by atoms with Gasteiger partial charge in [0, 0.05) is 25.8 Å². The Balaban J connectivity index is 2.78. The number of hydrogen-bond donors (Lipinski definition) is 2. The van der Waals surface area contributed by atoms with Crippen LogP contribution in [0.4, 0.5) is 10.1 Å². The number of benzene rings is 1. The molecule has 0 unspecified atom stereocenters. The Morgan fingerprint density at radius 1 is 1.56 bits per heavy atom. The van der Waals surface area contributed by atoms with Gasteiger partial charge in [-0.15, -0.1) is 0 Å². The van der Waals surface area contributed by atoms with Crippen LogP contribution in [-0.4, -0.2) is 37.8 Å². The van der Waals surface area contributed by atoms with Gasteiger partial charge in [-0.1, -0.05) is 5.16 Å². The normalized spacial score (nSPS) is 11.6. The van der Waals surface area contributed by atoms with E-state index in [-0.39, 0.29) is 5.84 Å². The van der Waals surface area contributed by atoms with Gasteiger partial charge < -0.3 is 20.6 Å². The van der Waals surface area contributed by atoms with Gasteiger partial charge in [-0.05, 0) is 25.1 Å². The number of hydrogen-bond acceptors (Lipinski definition) is 4. The summed E-state index contributed by atoms with van der Waals surface area (Å²) in [6.07, 6.45) is 0. The largest absolute Gasteiger partial charge is 0.409 e. The summed E-state index contributed by atoms with van der Waals surface area (Å²) in [5.41, 5.74) is 6.18. The summed E-state index contributed by atoms with van der Waals surface area (Å²) in [6.45, 7) is 3.67. The number of halogens is 1. The molecule has 0 aliphatic heterocycles. The van der Waals surface area contributed by atoms with Crippen molar-refractivity contribution in [3.63, 3.8) is 0 Å². The Kier molecular flexibility index (Phi) is 5.38. The van der Waals surface area contributed by atoms with Gasteiger partial charge in [0.05, 0.1) is 12.3 Å². The van der Waals surface area contributed by atoms with E-state index < -0.39 is 5.82 Å². The smallest absolute Gasteiger partial charge is 0.170 e. The van der Waals surface area contributed by atoms with Crippen LogP contribution in [0.2, 0.25) is 0 Å². The molecule has 0 spiro atoms. The molecule has 0 fully saturated rings. The van der Waals surface area contributed by atoms with Crippen molar-refractivity contribution in [2.75, 3.05) is 31.7 Å². The third kappa shape index (κ3) is 3.59. The van der Waals surface area contributed by atoms with E-state index in [9.17, 15) is 4.39 Å². The molecule has 1 rings (SSSR count). The summed E-state index contributed by atoms with van der Waals surface area (Å²) in [7, 11) is 1.78. The summed E-state index contributed by atoms with van der Waals surface area (Å²) in [6, 6.07) is 4.43. The lowest BCUT2D eigenvalue weighted by Crippen LogP contribution is -2.24. The monoisotopic (exact) mass is 255 g/mol. The maximum atomic E-state index is 13.8. The molecule has 100 valence electrons. The molecule has 18 heavy (non-hydrogen) atoms. The second-order valence-corrected chi connectivity index (χ2v) is 3.77. The van der Waals surface area contributed by atoms with Crippen molar-refractivity contribution in [1.29, 1.82) is 0 Å². The lowest BCUT2D eigenvalue weighted by molar-refractivity contribution is 0.154. The highest BCUT2D eigenvalue weighted by molar-refractivity contribution is 5.97. The third-order valence-electron chi connectivity index (χ3n) is 2.54. The second kappa shape index (κ2) is 6.80. The lowest BCUT2D eigenvalue weighted by atomic mass is 10.1. The molecule has 0 saturated carbocycles. The summed E-state index contributed by atoms with van der Waals surface area (Å²) < 4.78 is 19.0. The molecular weight excluding hydrogens is 237 g/mol. The minimum absolute atomic E-state index is 0.114. The quantitative estimate of drug-likeness (QED) is 0.265. The third-order valence-corrected chi connectivity index (χ3v) is 2.54. The highest BCUT2D eigenvalue weighted by atomic mass is 19.1. The molecule has 0 aliphatic rings. The number of ether oxygens (including phenoxy) is 1. The van der Waals surface area contributed by atoms with Crippen LogP contribution in [0.3, 0.4) is 0 Å². The van der Waals surface area contributed by atoms with E-state index in [1.165, 1.54) is 6.07 Å². The molecule has 3 N–H and O–H groups in total. The fraction of sp³-hybridized carbons (Fsp3) is 0.417. The van der Waals surface area contributed by atoms with E-state index in [0.717, 1.165) is 0 Å². The summed E-state index contributed by atoms with van der Waals surface area (Å²) in [4.78, 5) is 1.75. The first-order chi connectivity index (χ1) is 8.60. The fourth-order valence-corrected chi connectivity index (χ4v) is 1.50. The van der Waals surface area contributed by atoms with Gasteiger partial charge >= 0.3 is 0 Å². The van der Waals surface area contributed by atoms with Crippen molar-refractivity contribution in [1.82, 2.24) is 0 Å². The Morgan fingerprint density at radius 2 is 2.28 bits per heavy atom.